The summed E-state index contributed by atoms with van der Waals surface area (Å²) >= 11 is 0. The number of carbonyl (C=O) groups excluding carboxylic acids is 1. The molecule has 0 aliphatic heterocycles. The zero-order valence-corrected chi connectivity index (χ0v) is 14.9. The van der Waals surface area contributed by atoms with Crippen LogP contribution < -0.4 is 10.1 Å². The number of aromatic hydroxyl groups is 1. The van der Waals surface area contributed by atoms with Crippen molar-refractivity contribution in [3.8, 4) is 11.5 Å². The summed E-state index contributed by atoms with van der Waals surface area (Å²) in [4.78, 5) is 15.4. The fourth-order valence-corrected chi connectivity index (χ4v) is 3.18. The fraction of sp³-hybridized carbons (Fsp3) is 0.250. The molecule has 6 heteroatoms. The third-order valence-corrected chi connectivity index (χ3v) is 4.53. The maximum atomic E-state index is 14.0. The molecule has 0 spiro atoms. The molecule has 0 aliphatic carbocycles. The fourth-order valence-electron chi connectivity index (χ4n) is 3.18. The van der Waals surface area contributed by atoms with Crippen LogP contribution >= 0.6 is 0 Å². The number of aromatic nitrogens is 1. The summed E-state index contributed by atoms with van der Waals surface area (Å²) in [7, 11) is 1.43. The topological polar surface area (TPSA) is 74.3 Å². The van der Waals surface area contributed by atoms with Gasteiger partial charge in [0.1, 0.15) is 5.82 Å². The molecule has 1 heterocycles. The van der Waals surface area contributed by atoms with Crippen LogP contribution in [0.1, 0.15) is 27.2 Å². The van der Waals surface area contributed by atoms with Gasteiger partial charge >= 0.3 is 0 Å². The lowest BCUT2D eigenvalue weighted by atomic mass is 10.0. The molecule has 0 saturated heterocycles. The summed E-state index contributed by atoms with van der Waals surface area (Å²) < 4.78 is 19.0. The number of rotatable bonds is 5. The summed E-state index contributed by atoms with van der Waals surface area (Å²) in [6.45, 7) is 4.26. The first-order chi connectivity index (χ1) is 12.4. The molecule has 0 fully saturated rings. The smallest absolute Gasteiger partial charge is 0.251 e. The first-order valence-corrected chi connectivity index (χ1v) is 8.33. The van der Waals surface area contributed by atoms with Crippen LogP contribution in [0.2, 0.25) is 0 Å². The lowest BCUT2D eigenvalue weighted by molar-refractivity contribution is 0.0953. The van der Waals surface area contributed by atoms with Gasteiger partial charge in [-0.2, -0.15) is 0 Å². The number of nitrogens with one attached hydrogen (secondary N) is 2. The second-order valence-corrected chi connectivity index (χ2v) is 6.24. The highest BCUT2D eigenvalue weighted by atomic mass is 19.1. The molecule has 3 aromatic rings. The Bertz CT molecular complexity index is 979. The molecular weight excluding hydrogens is 335 g/mol. The van der Waals surface area contributed by atoms with Gasteiger partial charge in [-0.15, -0.1) is 0 Å². The van der Waals surface area contributed by atoms with Crippen molar-refractivity contribution in [2.75, 3.05) is 13.7 Å². The molecule has 0 bridgehead atoms. The number of amides is 1. The largest absolute Gasteiger partial charge is 0.504 e. The molecular formula is C20H21FN2O3. The van der Waals surface area contributed by atoms with Crippen molar-refractivity contribution >= 4 is 16.8 Å². The lowest BCUT2D eigenvalue weighted by Crippen LogP contribution is -2.25. The zero-order valence-electron chi connectivity index (χ0n) is 14.9. The van der Waals surface area contributed by atoms with Gasteiger partial charge in [-0.1, -0.05) is 6.07 Å². The molecule has 0 aliphatic rings. The van der Waals surface area contributed by atoms with Gasteiger partial charge in [0.15, 0.2) is 11.5 Å². The van der Waals surface area contributed by atoms with Crippen LogP contribution in [0.4, 0.5) is 4.39 Å². The van der Waals surface area contributed by atoms with E-state index in [1.54, 1.807) is 6.07 Å². The van der Waals surface area contributed by atoms with Gasteiger partial charge in [0.05, 0.1) is 12.6 Å². The molecule has 136 valence electrons. The molecule has 3 rings (SSSR count). The predicted molar refractivity (Wildman–Crippen MR) is 98.4 cm³/mol. The number of hydrogen-bond donors (Lipinski definition) is 3. The number of halogens is 1. The third-order valence-electron chi connectivity index (χ3n) is 4.53. The van der Waals surface area contributed by atoms with E-state index in [0.29, 0.717) is 24.0 Å². The van der Waals surface area contributed by atoms with E-state index in [2.05, 4.69) is 10.3 Å². The van der Waals surface area contributed by atoms with Crippen molar-refractivity contribution in [1.82, 2.24) is 10.3 Å². The van der Waals surface area contributed by atoms with Crippen molar-refractivity contribution in [2.24, 2.45) is 0 Å². The molecule has 0 radical (unpaired) electrons. The molecule has 1 aromatic heterocycles. The van der Waals surface area contributed by atoms with Crippen molar-refractivity contribution in [3.63, 3.8) is 0 Å². The van der Waals surface area contributed by atoms with E-state index in [4.69, 9.17) is 4.74 Å². The van der Waals surface area contributed by atoms with Crippen LogP contribution in [0.15, 0.2) is 30.3 Å². The number of benzene rings is 2. The van der Waals surface area contributed by atoms with Crippen LogP contribution in [-0.2, 0) is 6.42 Å². The van der Waals surface area contributed by atoms with Gasteiger partial charge < -0.3 is 20.1 Å². The second kappa shape index (κ2) is 7.07. The maximum Gasteiger partial charge on any atom is 0.251 e. The molecule has 26 heavy (non-hydrogen) atoms. The van der Waals surface area contributed by atoms with Crippen LogP contribution in [0.3, 0.4) is 0 Å². The summed E-state index contributed by atoms with van der Waals surface area (Å²) in [5.74, 6) is -0.309. The molecule has 0 saturated carbocycles. The SMILES string of the molecule is COc1cc(C(=O)NCCc2c(C)[nH]c3c(F)ccc(C)c23)ccc1O. The minimum Gasteiger partial charge on any atom is -0.504 e. The molecule has 1 amide bonds. The van der Waals surface area contributed by atoms with Crippen LogP contribution in [0.25, 0.3) is 10.9 Å². The number of phenolic OH excluding ortho intramolecular Hbond substituents is 1. The number of aryl methyl sites for hydroxylation is 2. The van der Waals surface area contributed by atoms with Crippen LogP contribution in [-0.4, -0.2) is 29.7 Å². The molecule has 0 unspecified atom stereocenters. The molecule has 3 N–H and O–H groups in total. The number of aromatic amines is 1. The van der Waals surface area contributed by atoms with E-state index in [-0.39, 0.29) is 23.2 Å². The van der Waals surface area contributed by atoms with Crippen LogP contribution in [0, 0.1) is 19.7 Å². The number of phenols is 1. The van der Waals surface area contributed by atoms with E-state index in [9.17, 15) is 14.3 Å². The Hall–Kier alpha value is -3.02. The normalized spacial score (nSPS) is 10.9. The number of carbonyl (C=O) groups is 1. The number of H-pyrrole nitrogens is 1. The first-order valence-electron chi connectivity index (χ1n) is 8.33. The Morgan fingerprint density at radius 3 is 2.77 bits per heavy atom. The number of hydrogen-bond acceptors (Lipinski definition) is 3. The average Bonchev–Trinajstić information content (AvgIpc) is 2.96. The third kappa shape index (κ3) is 3.22. The van der Waals surface area contributed by atoms with E-state index in [0.717, 1.165) is 22.2 Å². The van der Waals surface area contributed by atoms with Gasteiger partial charge in [0.2, 0.25) is 0 Å². The number of fused-ring (bicyclic) bond motifs is 1. The number of ether oxygens (including phenoxy) is 1. The molecule has 0 atom stereocenters. The Balaban J connectivity index is 1.74. The van der Waals surface area contributed by atoms with Crippen LogP contribution in [0.5, 0.6) is 11.5 Å². The Kier molecular flexibility index (Phi) is 4.84. The summed E-state index contributed by atoms with van der Waals surface area (Å²) in [6, 6.07) is 7.65. The minimum absolute atomic E-state index is 0.0176. The molecule has 2 aromatic carbocycles. The first kappa shape index (κ1) is 17.8. The Labute approximate surface area is 150 Å². The average molecular weight is 356 g/mol. The van der Waals surface area contributed by atoms with Gasteiger partial charge in [0.25, 0.3) is 5.91 Å². The van der Waals surface area contributed by atoms with Gasteiger partial charge in [-0.05, 0) is 55.7 Å². The van der Waals surface area contributed by atoms with Crippen molar-refractivity contribution in [2.45, 2.75) is 20.3 Å². The molecule has 5 nitrogen and oxygen atoms in total. The highest BCUT2D eigenvalue weighted by Gasteiger charge is 2.15. The predicted octanol–water partition coefficient (Wildman–Crippen LogP) is 3.61. The lowest BCUT2D eigenvalue weighted by Gasteiger charge is -2.09. The van der Waals surface area contributed by atoms with Gasteiger partial charge in [-0.3, -0.25) is 4.79 Å². The van der Waals surface area contributed by atoms with E-state index < -0.39 is 0 Å². The standard InChI is InChI=1S/C20H21FN2O3/c1-11-4-6-15(21)19-18(11)14(12(2)23-19)8-9-22-20(25)13-5-7-16(24)17(10-13)26-3/h4-7,10,23-24H,8-9H2,1-3H3,(H,22,25). The van der Waals surface area contributed by atoms with E-state index in [1.165, 1.54) is 31.4 Å². The Morgan fingerprint density at radius 1 is 1.27 bits per heavy atom. The van der Waals surface area contributed by atoms with Crippen molar-refractivity contribution in [1.29, 1.82) is 0 Å². The van der Waals surface area contributed by atoms with Crippen molar-refractivity contribution in [3.05, 3.63) is 58.5 Å². The van der Waals surface area contributed by atoms with Gasteiger partial charge in [-0.25, -0.2) is 4.39 Å². The maximum absolute atomic E-state index is 14.0. The highest BCUT2D eigenvalue weighted by Crippen LogP contribution is 2.28. The Morgan fingerprint density at radius 2 is 2.04 bits per heavy atom. The number of methoxy groups -OCH3 is 1. The monoisotopic (exact) mass is 356 g/mol. The quantitative estimate of drug-likeness (QED) is 0.654. The minimum atomic E-state index is -0.278. The summed E-state index contributed by atoms with van der Waals surface area (Å²) in [6.07, 6.45) is 0.580. The highest BCUT2D eigenvalue weighted by molar-refractivity contribution is 5.95. The van der Waals surface area contributed by atoms with E-state index >= 15 is 0 Å². The summed E-state index contributed by atoms with van der Waals surface area (Å²) in [5.41, 5.74) is 3.80. The second-order valence-electron chi connectivity index (χ2n) is 6.24. The van der Waals surface area contributed by atoms with Gasteiger partial charge in [0, 0.05) is 23.2 Å². The van der Waals surface area contributed by atoms with E-state index in [1.807, 2.05) is 13.8 Å². The zero-order chi connectivity index (χ0) is 18.8. The van der Waals surface area contributed by atoms with Crippen molar-refractivity contribution < 1.29 is 19.0 Å². The summed E-state index contributed by atoms with van der Waals surface area (Å²) in [5, 5.41) is 13.3.